The minimum absolute atomic E-state index is 0.0572. The zero-order valence-electron chi connectivity index (χ0n) is 13.7. The van der Waals surface area contributed by atoms with Crippen LogP contribution in [0.3, 0.4) is 0 Å². The van der Waals surface area contributed by atoms with Crippen LogP contribution in [0.5, 0.6) is 11.5 Å². The number of hydrogen-bond donors (Lipinski definition) is 2. The topological polar surface area (TPSA) is 89.4 Å². The fourth-order valence-electron chi connectivity index (χ4n) is 2.80. The van der Waals surface area contributed by atoms with Crippen molar-refractivity contribution in [3.05, 3.63) is 23.8 Å². The van der Waals surface area contributed by atoms with Crippen molar-refractivity contribution in [2.45, 2.75) is 32.4 Å². The highest BCUT2D eigenvalue weighted by atomic mass is 32.2. The van der Waals surface area contributed by atoms with Crippen molar-refractivity contribution in [3.8, 4) is 11.5 Å². The van der Waals surface area contributed by atoms with E-state index in [1.807, 2.05) is 37.4 Å². The first-order valence-corrected chi connectivity index (χ1v) is 9.87. The molecular weight excluding hydrogens is 318 g/mol. The summed E-state index contributed by atoms with van der Waals surface area (Å²) in [6, 6.07) is 5.60. The first kappa shape index (κ1) is 18.0. The van der Waals surface area contributed by atoms with Gasteiger partial charge in [-0.15, -0.1) is 0 Å². The second kappa shape index (κ2) is 7.99. The van der Waals surface area contributed by atoms with Gasteiger partial charge in [0.15, 0.2) is 21.3 Å². The molecule has 1 aromatic rings. The van der Waals surface area contributed by atoms with Gasteiger partial charge in [-0.3, -0.25) is 0 Å². The van der Waals surface area contributed by atoms with Gasteiger partial charge < -0.3 is 19.9 Å². The van der Waals surface area contributed by atoms with Crippen molar-refractivity contribution in [2.24, 2.45) is 0 Å². The lowest BCUT2D eigenvalue weighted by atomic mass is 10.1. The molecule has 1 aromatic carbocycles. The minimum atomic E-state index is -3.08. The van der Waals surface area contributed by atoms with Crippen molar-refractivity contribution in [2.75, 3.05) is 31.3 Å². The van der Waals surface area contributed by atoms with Gasteiger partial charge in [-0.05, 0) is 31.5 Å². The van der Waals surface area contributed by atoms with Gasteiger partial charge in [-0.2, -0.15) is 0 Å². The van der Waals surface area contributed by atoms with Gasteiger partial charge in [0.1, 0.15) is 17.9 Å². The van der Waals surface area contributed by atoms with E-state index >= 15 is 0 Å². The van der Waals surface area contributed by atoms with Crippen molar-refractivity contribution in [1.29, 1.82) is 0 Å². The summed E-state index contributed by atoms with van der Waals surface area (Å²) in [4.78, 5) is 0. The molecule has 0 bridgehead atoms. The summed E-state index contributed by atoms with van der Waals surface area (Å²) in [6.07, 6.45) is 0.00904. The summed E-state index contributed by atoms with van der Waals surface area (Å²) < 4.78 is 34.1. The van der Waals surface area contributed by atoms with E-state index in [0.29, 0.717) is 13.2 Å². The van der Waals surface area contributed by atoms with E-state index in [1.54, 1.807) is 0 Å². The number of rotatable bonds is 8. The van der Waals surface area contributed by atoms with E-state index in [0.717, 1.165) is 30.0 Å². The number of hydrogen-bond acceptors (Lipinski definition) is 5. The lowest BCUT2D eigenvalue weighted by Crippen LogP contribution is -2.93. The average Bonchev–Trinajstić information content (AvgIpc) is 2.74. The molecule has 7 heteroatoms. The van der Waals surface area contributed by atoms with Crippen molar-refractivity contribution in [1.82, 2.24) is 0 Å². The normalized spacial score (nSPS) is 22.9. The van der Waals surface area contributed by atoms with E-state index < -0.39 is 15.9 Å². The maximum Gasteiger partial charge on any atom is 0.161 e. The van der Waals surface area contributed by atoms with Gasteiger partial charge in [0.2, 0.25) is 0 Å². The Balaban J connectivity index is 1.91. The van der Waals surface area contributed by atoms with Crippen LogP contribution in [0.4, 0.5) is 0 Å². The maximum atomic E-state index is 11.5. The predicted octanol–water partition coefficient (Wildman–Crippen LogP) is -0.252. The molecule has 0 radical (unpaired) electrons. The van der Waals surface area contributed by atoms with Gasteiger partial charge in [-0.1, -0.05) is 6.07 Å². The third-order valence-corrected chi connectivity index (χ3v) is 5.62. The second-order valence-corrected chi connectivity index (χ2v) is 7.88. The third kappa shape index (κ3) is 5.09. The van der Waals surface area contributed by atoms with Crippen LogP contribution in [0.2, 0.25) is 0 Å². The van der Waals surface area contributed by atoms with Crippen LogP contribution in [0.15, 0.2) is 18.2 Å². The fourth-order valence-corrected chi connectivity index (χ4v) is 4.64. The molecule has 1 aliphatic heterocycles. The smallest absolute Gasteiger partial charge is 0.161 e. The van der Waals surface area contributed by atoms with Crippen molar-refractivity contribution in [3.63, 3.8) is 0 Å². The molecule has 1 fully saturated rings. The largest absolute Gasteiger partial charge is 0.490 e. The zero-order valence-corrected chi connectivity index (χ0v) is 14.5. The zero-order chi connectivity index (χ0) is 16.9. The predicted molar refractivity (Wildman–Crippen MR) is 87.7 cm³/mol. The van der Waals surface area contributed by atoms with E-state index in [2.05, 4.69) is 0 Å². The Morgan fingerprint density at radius 2 is 1.87 bits per heavy atom. The summed E-state index contributed by atoms with van der Waals surface area (Å²) in [5.41, 5.74) is 1.10. The average molecular weight is 344 g/mol. The lowest BCUT2D eigenvalue weighted by molar-refractivity contribution is -0.690. The van der Waals surface area contributed by atoms with Crippen molar-refractivity contribution < 1.29 is 28.3 Å². The molecule has 0 saturated carbocycles. The quantitative estimate of drug-likeness (QED) is 0.679. The molecule has 1 heterocycles. The van der Waals surface area contributed by atoms with Crippen LogP contribution in [0, 0.1) is 0 Å². The molecule has 0 aromatic heterocycles. The first-order valence-electron chi connectivity index (χ1n) is 8.05. The molecule has 130 valence electrons. The van der Waals surface area contributed by atoms with Gasteiger partial charge >= 0.3 is 0 Å². The summed E-state index contributed by atoms with van der Waals surface area (Å²) >= 11 is 0. The number of sulfone groups is 1. The van der Waals surface area contributed by atoms with E-state index in [-0.39, 0.29) is 17.5 Å². The number of quaternary nitrogens is 1. The van der Waals surface area contributed by atoms with E-state index in [1.165, 1.54) is 0 Å². The molecule has 0 aliphatic carbocycles. The van der Waals surface area contributed by atoms with Gasteiger partial charge in [0.05, 0.1) is 25.5 Å². The highest BCUT2D eigenvalue weighted by Crippen LogP contribution is 2.28. The van der Waals surface area contributed by atoms with Crippen LogP contribution in [0.25, 0.3) is 0 Å². The molecule has 1 saturated heterocycles. The maximum absolute atomic E-state index is 11.5. The molecule has 0 amide bonds. The summed E-state index contributed by atoms with van der Waals surface area (Å²) in [7, 11) is -3.08. The first-order chi connectivity index (χ1) is 10.9. The summed E-state index contributed by atoms with van der Waals surface area (Å²) in [5.74, 6) is 1.41. The van der Waals surface area contributed by atoms with Gasteiger partial charge in [0.25, 0.3) is 0 Å². The van der Waals surface area contributed by atoms with Crippen LogP contribution in [-0.2, 0) is 16.3 Å². The SMILES string of the molecule is CCOc1ccc(CC[NH2+][C@@H]2CS(=O)(=O)C[C@H]2O)cc1OCC. The number of ether oxygens (including phenoxy) is 2. The summed E-state index contributed by atoms with van der Waals surface area (Å²) in [6.45, 7) is 5.73. The molecule has 2 rings (SSSR count). The number of aliphatic hydroxyl groups is 1. The number of nitrogens with two attached hydrogens (primary N) is 1. The van der Waals surface area contributed by atoms with Crippen molar-refractivity contribution >= 4 is 9.84 Å². The third-order valence-electron chi connectivity index (χ3n) is 3.88. The Hall–Kier alpha value is -1.31. The molecular formula is C16H26NO5S+. The molecule has 0 spiro atoms. The number of benzene rings is 1. The highest BCUT2D eigenvalue weighted by Gasteiger charge is 2.38. The van der Waals surface area contributed by atoms with Crippen LogP contribution >= 0.6 is 0 Å². The molecule has 2 atom stereocenters. The lowest BCUT2D eigenvalue weighted by Gasteiger charge is -2.14. The van der Waals surface area contributed by atoms with Crippen LogP contribution < -0.4 is 14.8 Å². The Labute approximate surface area is 137 Å². The van der Waals surface area contributed by atoms with E-state index in [9.17, 15) is 13.5 Å². The van der Waals surface area contributed by atoms with Gasteiger partial charge in [0, 0.05) is 6.42 Å². The Bertz CT molecular complexity index is 617. The molecule has 0 unspecified atom stereocenters. The van der Waals surface area contributed by atoms with Gasteiger partial charge in [-0.25, -0.2) is 8.42 Å². The Kier molecular flexibility index (Phi) is 6.26. The highest BCUT2D eigenvalue weighted by molar-refractivity contribution is 7.91. The monoisotopic (exact) mass is 344 g/mol. The fraction of sp³-hybridized carbons (Fsp3) is 0.625. The molecule has 23 heavy (non-hydrogen) atoms. The Morgan fingerprint density at radius 1 is 1.17 bits per heavy atom. The molecule has 1 aliphatic rings. The second-order valence-electron chi connectivity index (χ2n) is 5.73. The Morgan fingerprint density at radius 3 is 2.48 bits per heavy atom. The number of aliphatic hydroxyl groups excluding tert-OH is 1. The molecule has 3 N–H and O–H groups in total. The molecule has 6 nitrogen and oxygen atoms in total. The van der Waals surface area contributed by atoms with Crippen LogP contribution in [0.1, 0.15) is 19.4 Å². The van der Waals surface area contributed by atoms with Crippen LogP contribution in [-0.4, -0.2) is 56.9 Å². The summed E-state index contributed by atoms with van der Waals surface area (Å²) in [5, 5.41) is 11.7. The standard InChI is InChI=1S/C16H25NO5S/c1-3-21-15-6-5-12(9-16(15)22-4-2)7-8-17-13-10-23(19,20)11-14(13)18/h5-6,9,13-14,17-18H,3-4,7-8,10-11H2,1-2H3/p+1/t13-,14-/m1/s1. The van der Waals surface area contributed by atoms with E-state index in [4.69, 9.17) is 9.47 Å². The minimum Gasteiger partial charge on any atom is -0.490 e.